The quantitative estimate of drug-likeness (QED) is 0.566. The Morgan fingerprint density at radius 1 is 1.46 bits per heavy atom. The van der Waals surface area contributed by atoms with Crippen molar-refractivity contribution in [2.45, 2.75) is 26.4 Å². The molecule has 2 heteroatoms. The highest BCUT2D eigenvalue weighted by Crippen LogP contribution is 2.23. The van der Waals surface area contributed by atoms with Crippen molar-refractivity contribution in [1.82, 2.24) is 0 Å². The van der Waals surface area contributed by atoms with E-state index in [1.54, 1.807) is 0 Å². The first kappa shape index (κ1) is 8.30. The summed E-state index contributed by atoms with van der Waals surface area (Å²) in [6, 6.07) is 5.76. The third-order valence-electron chi connectivity index (χ3n) is 2.43. The van der Waals surface area contributed by atoms with Gasteiger partial charge < -0.3 is 4.74 Å². The minimum absolute atomic E-state index is 0.0149. The van der Waals surface area contributed by atoms with Gasteiger partial charge in [0.25, 0.3) is 0 Å². The smallest absolute Gasteiger partial charge is 0.338 e. The van der Waals surface area contributed by atoms with Crippen molar-refractivity contribution >= 4 is 5.97 Å². The van der Waals surface area contributed by atoms with Crippen LogP contribution in [-0.2, 0) is 11.2 Å². The van der Waals surface area contributed by atoms with Crippen molar-refractivity contribution in [3.05, 3.63) is 34.9 Å². The van der Waals surface area contributed by atoms with Gasteiger partial charge in [-0.3, -0.25) is 0 Å². The molecule has 0 radical (unpaired) electrons. The standard InChI is InChI=1S/C11H12O2/c1-7-4-3-5-9-10(7)6-8(2)13-11(9)12/h3-5,8H,6H2,1-2H3/t8-/m1/s1. The highest BCUT2D eigenvalue weighted by Gasteiger charge is 2.23. The molecule has 68 valence electrons. The second kappa shape index (κ2) is 2.87. The van der Waals surface area contributed by atoms with Crippen LogP contribution in [0.15, 0.2) is 18.2 Å². The highest BCUT2D eigenvalue weighted by molar-refractivity contribution is 5.92. The van der Waals surface area contributed by atoms with E-state index >= 15 is 0 Å². The van der Waals surface area contributed by atoms with Gasteiger partial charge in [0.15, 0.2) is 0 Å². The zero-order valence-electron chi connectivity index (χ0n) is 7.83. The van der Waals surface area contributed by atoms with E-state index in [0.29, 0.717) is 0 Å². The maximum absolute atomic E-state index is 11.4. The zero-order valence-corrected chi connectivity index (χ0v) is 7.83. The Balaban J connectivity index is 2.55. The van der Waals surface area contributed by atoms with Gasteiger partial charge in [-0.2, -0.15) is 0 Å². The number of hydrogen-bond acceptors (Lipinski definition) is 2. The van der Waals surface area contributed by atoms with Crippen molar-refractivity contribution in [1.29, 1.82) is 0 Å². The largest absolute Gasteiger partial charge is 0.459 e. The molecule has 0 saturated heterocycles. The molecule has 0 N–H and O–H groups in total. The maximum Gasteiger partial charge on any atom is 0.338 e. The molecule has 1 aliphatic rings. The first-order valence-electron chi connectivity index (χ1n) is 4.48. The van der Waals surface area contributed by atoms with Crippen LogP contribution in [0.4, 0.5) is 0 Å². The molecular weight excluding hydrogens is 164 g/mol. The number of cyclic esters (lactones) is 1. The van der Waals surface area contributed by atoms with Crippen molar-refractivity contribution in [3.63, 3.8) is 0 Å². The minimum atomic E-state index is -0.183. The monoisotopic (exact) mass is 176 g/mol. The number of esters is 1. The predicted octanol–water partition coefficient (Wildman–Crippen LogP) is 2.10. The molecular formula is C11H12O2. The zero-order chi connectivity index (χ0) is 9.42. The fraction of sp³-hybridized carbons (Fsp3) is 0.364. The number of benzene rings is 1. The summed E-state index contributed by atoms with van der Waals surface area (Å²) in [5.74, 6) is -0.183. The maximum atomic E-state index is 11.4. The van der Waals surface area contributed by atoms with Gasteiger partial charge in [-0.1, -0.05) is 12.1 Å². The highest BCUT2D eigenvalue weighted by atomic mass is 16.5. The van der Waals surface area contributed by atoms with Gasteiger partial charge in [0, 0.05) is 6.42 Å². The Morgan fingerprint density at radius 3 is 3.00 bits per heavy atom. The average Bonchev–Trinajstić information content (AvgIpc) is 2.07. The molecule has 0 bridgehead atoms. The third kappa shape index (κ3) is 1.32. The topological polar surface area (TPSA) is 26.3 Å². The Morgan fingerprint density at radius 2 is 2.23 bits per heavy atom. The number of carbonyl (C=O) groups is 1. The van der Waals surface area contributed by atoms with E-state index in [4.69, 9.17) is 4.74 Å². The van der Waals surface area contributed by atoms with E-state index < -0.39 is 0 Å². The number of ether oxygens (including phenoxy) is 1. The molecule has 1 aliphatic heterocycles. The van der Waals surface area contributed by atoms with Crippen molar-refractivity contribution in [2.24, 2.45) is 0 Å². The number of carbonyl (C=O) groups excluding carboxylic acids is 1. The summed E-state index contributed by atoms with van der Waals surface area (Å²) < 4.78 is 5.13. The fourth-order valence-corrected chi connectivity index (χ4v) is 1.74. The fourth-order valence-electron chi connectivity index (χ4n) is 1.74. The number of rotatable bonds is 0. The summed E-state index contributed by atoms with van der Waals surface area (Å²) in [6.07, 6.45) is 0.856. The SMILES string of the molecule is Cc1cccc2c1C[C@@H](C)OC2=O. The Bertz CT molecular complexity index is 355. The number of aryl methyl sites for hydroxylation is 1. The van der Waals surface area contributed by atoms with Crippen LogP contribution in [0.1, 0.15) is 28.4 Å². The van der Waals surface area contributed by atoms with E-state index in [-0.39, 0.29) is 12.1 Å². The van der Waals surface area contributed by atoms with Crippen LogP contribution < -0.4 is 0 Å². The van der Waals surface area contributed by atoms with Gasteiger partial charge in [-0.05, 0) is 31.0 Å². The molecule has 0 unspecified atom stereocenters. The van der Waals surface area contributed by atoms with E-state index in [0.717, 1.165) is 17.5 Å². The van der Waals surface area contributed by atoms with Crippen LogP contribution in [0.2, 0.25) is 0 Å². The molecule has 1 aromatic rings. The second-order valence-corrected chi connectivity index (χ2v) is 3.52. The Kier molecular flexibility index (Phi) is 1.83. The molecule has 0 amide bonds. The summed E-state index contributed by atoms with van der Waals surface area (Å²) >= 11 is 0. The lowest BCUT2D eigenvalue weighted by Crippen LogP contribution is -2.25. The molecule has 2 nitrogen and oxygen atoms in total. The second-order valence-electron chi connectivity index (χ2n) is 3.52. The van der Waals surface area contributed by atoms with Crippen LogP contribution in [0.25, 0.3) is 0 Å². The first-order chi connectivity index (χ1) is 6.18. The summed E-state index contributed by atoms with van der Waals surface area (Å²) in [5, 5.41) is 0. The normalized spacial score (nSPS) is 20.8. The molecule has 1 aromatic carbocycles. The lowest BCUT2D eigenvalue weighted by atomic mass is 9.95. The summed E-state index contributed by atoms with van der Waals surface area (Å²) in [4.78, 5) is 11.4. The molecule has 0 aromatic heterocycles. The van der Waals surface area contributed by atoms with E-state index in [1.807, 2.05) is 32.0 Å². The molecule has 1 heterocycles. The third-order valence-corrected chi connectivity index (χ3v) is 2.43. The predicted molar refractivity (Wildman–Crippen MR) is 49.8 cm³/mol. The first-order valence-corrected chi connectivity index (χ1v) is 4.48. The number of fused-ring (bicyclic) bond motifs is 1. The van der Waals surface area contributed by atoms with Crippen LogP contribution in [-0.4, -0.2) is 12.1 Å². The van der Waals surface area contributed by atoms with E-state index in [2.05, 4.69) is 0 Å². The lowest BCUT2D eigenvalue weighted by Gasteiger charge is -2.22. The van der Waals surface area contributed by atoms with Crippen LogP contribution in [0.3, 0.4) is 0 Å². The van der Waals surface area contributed by atoms with E-state index in [9.17, 15) is 4.79 Å². The van der Waals surface area contributed by atoms with Crippen molar-refractivity contribution < 1.29 is 9.53 Å². The van der Waals surface area contributed by atoms with Crippen molar-refractivity contribution in [3.8, 4) is 0 Å². The minimum Gasteiger partial charge on any atom is -0.459 e. The Labute approximate surface area is 77.5 Å². The Hall–Kier alpha value is -1.31. The summed E-state index contributed by atoms with van der Waals surface area (Å²) in [7, 11) is 0. The summed E-state index contributed by atoms with van der Waals surface area (Å²) in [5.41, 5.74) is 3.06. The van der Waals surface area contributed by atoms with Gasteiger partial charge in [-0.25, -0.2) is 4.79 Å². The molecule has 13 heavy (non-hydrogen) atoms. The van der Waals surface area contributed by atoms with Crippen molar-refractivity contribution in [2.75, 3.05) is 0 Å². The molecule has 0 aliphatic carbocycles. The molecule has 0 saturated carbocycles. The summed E-state index contributed by atoms with van der Waals surface area (Å²) in [6.45, 7) is 3.96. The van der Waals surface area contributed by atoms with Crippen LogP contribution in [0.5, 0.6) is 0 Å². The lowest BCUT2D eigenvalue weighted by molar-refractivity contribution is 0.0300. The molecule has 0 fully saturated rings. The van der Waals surface area contributed by atoms with E-state index in [1.165, 1.54) is 5.56 Å². The van der Waals surface area contributed by atoms with Gasteiger partial charge in [-0.15, -0.1) is 0 Å². The molecule has 1 atom stereocenters. The van der Waals surface area contributed by atoms with Gasteiger partial charge in [0.05, 0.1) is 5.56 Å². The average molecular weight is 176 g/mol. The molecule has 0 spiro atoms. The molecule has 2 rings (SSSR count). The van der Waals surface area contributed by atoms with Gasteiger partial charge in [0.2, 0.25) is 0 Å². The van der Waals surface area contributed by atoms with Crippen LogP contribution >= 0.6 is 0 Å². The van der Waals surface area contributed by atoms with Gasteiger partial charge in [0.1, 0.15) is 6.10 Å². The van der Waals surface area contributed by atoms with Gasteiger partial charge >= 0.3 is 5.97 Å². The number of hydrogen-bond donors (Lipinski definition) is 0. The van der Waals surface area contributed by atoms with Crippen LogP contribution in [0, 0.1) is 6.92 Å².